The number of benzene rings is 1. The molecule has 1 amide bonds. The fourth-order valence-electron chi connectivity index (χ4n) is 2.24. The lowest BCUT2D eigenvalue weighted by molar-refractivity contribution is 0.0933. The summed E-state index contributed by atoms with van der Waals surface area (Å²) < 4.78 is 10.9. The Kier molecular flexibility index (Phi) is 5.34. The molecule has 5 heteroatoms. The fraction of sp³-hybridized carbons (Fsp3) is 0.562. The average Bonchev–Trinajstić information content (AvgIpc) is 2.50. The van der Waals surface area contributed by atoms with Crippen molar-refractivity contribution in [2.75, 3.05) is 25.6 Å². The third-order valence-electron chi connectivity index (χ3n) is 3.52. The first-order chi connectivity index (χ1) is 10.0. The zero-order valence-corrected chi connectivity index (χ0v) is 13.3. The van der Waals surface area contributed by atoms with Crippen molar-refractivity contribution in [3.8, 4) is 11.5 Å². The van der Waals surface area contributed by atoms with E-state index in [4.69, 9.17) is 21.1 Å². The van der Waals surface area contributed by atoms with Crippen molar-refractivity contribution in [1.29, 1.82) is 0 Å². The summed E-state index contributed by atoms with van der Waals surface area (Å²) in [4.78, 5) is 12.2. The van der Waals surface area contributed by atoms with Gasteiger partial charge in [-0.15, -0.1) is 11.6 Å². The van der Waals surface area contributed by atoms with Crippen LogP contribution in [-0.2, 0) is 0 Å². The van der Waals surface area contributed by atoms with Gasteiger partial charge in [-0.1, -0.05) is 13.8 Å². The summed E-state index contributed by atoms with van der Waals surface area (Å²) in [6, 6.07) is 5.27. The second-order valence-electron chi connectivity index (χ2n) is 6.00. The van der Waals surface area contributed by atoms with Gasteiger partial charge in [0.15, 0.2) is 11.5 Å². The Balaban J connectivity index is 1.94. The van der Waals surface area contributed by atoms with E-state index < -0.39 is 0 Å². The zero-order chi connectivity index (χ0) is 15.3. The molecule has 0 aliphatic carbocycles. The Labute approximate surface area is 130 Å². The highest BCUT2D eigenvalue weighted by Crippen LogP contribution is 2.30. The molecule has 2 rings (SSSR count). The molecule has 1 aromatic rings. The standard InChI is InChI=1S/C16H22ClNO3/c1-16(2,6-3-7-17)11-18-15(19)12-4-5-13-14(10-12)21-9-8-20-13/h4-5,10H,3,6-9,11H2,1-2H3,(H,18,19). The molecule has 116 valence electrons. The first kappa shape index (κ1) is 16.0. The second kappa shape index (κ2) is 7.03. The van der Waals surface area contributed by atoms with Crippen molar-refractivity contribution in [3.05, 3.63) is 23.8 Å². The Morgan fingerprint density at radius 1 is 1.29 bits per heavy atom. The number of halogens is 1. The van der Waals surface area contributed by atoms with Crippen LogP contribution >= 0.6 is 11.6 Å². The quantitative estimate of drug-likeness (QED) is 0.821. The van der Waals surface area contributed by atoms with Gasteiger partial charge in [-0.25, -0.2) is 0 Å². The van der Waals surface area contributed by atoms with Crippen LogP contribution in [0.3, 0.4) is 0 Å². The maximum Gasteiger partial charge on any atom is 0.251 e. The van der Waals surface area contributed by atoms with Crippen LogP contribution < -0.4 is 14.8 Å². The predicted octanol–water partition coefficient (Wildman–Crippen LogP) is 3.23. The molecular weight excluding hydrogens is 290 g/mol. The van der Waals surface area contributed by atoms with Gasteiger partial charge in [0, 0.05) is 18.0 Å². The summed E-state index contributed by atoms with van der Waals surface area (Å²) in [7, 11) is 0. The van der Waals surface area contributed by atoms with Gasteiger partial charge in [0.2, 0.25) is 0 Å². The molecule has 0 atom stereocenters. The molecular formula is C16H22ClNO3. The summed E-state index contributed by atoms with van der Waals surface area (Å²) in [5, 5.41) is 2.98. The molecule has 0 saturated carbocycles. The van der Waals surface area contributed by atoms with Crippen LogP contribution in [0.2, 0.25) is 0 Å². The van der Waals surface area contributed by atoms with Crippen molar-refractivity contribution in [2.24, 2.45) is 5.41 Å². The third-order valence-corrected chi connectivity index (χ3v) is 3.79. The highest BCUT2D eigenvalue weighted by Gasteiger charge is 2.20. The van der Waals surface area contributed by atoms with Crippen LogP contribution in [-0.4, -0.2) is 31.5 Å². The predicted molar refractivity (Wildman–Crippen MR) is 83.5 cm³/mol. The second-order valence-corrected chi connectivity index (χ2v) is 6.38. The minimum Gasteiger partial charge on any atom is -0.486 e. The van der Waals surface area contributed by atoms with Crippen molar-refractivity contribution in [1.82, 2.24) is 5.32 Å². The molecule has 0 radical (unpaired) electrons. The number of carbonyl (C=O) groups excluding carboxylic acids is 1. The number of amides is 1. The van der Waals surface area contributed by atoms with E-state index in [0.717, 1.165) is 12.8 Å². The number of alkyl halides is 1. The Hall–Kier alpha value is -1.42. The maximum absolute atomic E-state index is 12.2. The van der Waals surface area contributed by atoms with Crippen LogP contribution in [0.15, 0.2) is 18.2 Å². The van der Waals surface area contributed by atoms with Crippen LogP contribution in [0, 0.1) is 5.41 Å². The van der Waals surface area contributed by atoms with Crippen LogP contribution in [0.1, 0.15) is 37.0 Å². The number of hydrogen-bond acceptors (Lipinski definition) is 3. The van der Waals surface area contributed by atoms with Crippen molar-refractivity contribution in [3.63, 3.8) is 0 Å². The molecule has 0 unspecified atom stereocenters. The van der Waals surface area contributed by atoms with E-state index in [1.807, 2.05) is 0 Å². The Morgan fingerprint density at radius 3 is 2.71 bits per heavy atom. The molecule has 0 aromatic heterocycles. The van der Waals surface area contributed by atoms with Gasteiger partial charge in [-0.05, 0) is 36.5 Å². The van der Waals surface area contributed by atoms with Crippen LogP contribution in [0.4, 0.5) is 0 Å². The summed E-state index contributed by atoms with van der Waals surface area (Å²) >= 11 is 5.72. The molecule has 0 fully saturated rings. The van der Waals surface area contributed by atoms with Crippen molar-refractivity contribution < 1.29 is 14.3 Å². The lowest BCUT2D eigenvalue weighted by Crippen LogP contribution is -2.34. The van der Waals surface area contributed by atoms with Gasteiger partial charge in [0.1, 0.15) is 13.2 Å². The van der Waals surface area contributed by atoms with E-state index in [9.17, 15) is 4.79 Å². The van der Waals surface area contributed by atoms with Crippen molar-refractivity contribution >= 4 is 17.5 Å². The topological polar surface area (TPSA) is 47.6 Å². The van der Waals surface area contributed by atoms with E-state index in [0.29, 0.717) is 42.7 Å². The number of carbonyl (C=O) groups is 1. The number of hydrogen-bond donors (Lipinski definition) is 1. The van der Waals surface area contributed by atoms with Gasteiger partial charge in [0.25, 0.3) is 5.91 Å². The average molecular weight is 312 g/mol. The maximum atomic E-state index is 12.2. The summed E-state index contributed by atoms with van der Waals surface area (Å²) in [5.74, 6) is 1.89. The van der Waals surface area contributed by atoms with Crippen LogP contribution in [0.25, 0.3) is 0 Å². The lowest BCUT2D eigenvalue weighted by Gasteiger charge is -2.25. The molecule has 1 aliphatic rings. The van der Waals surface area contributed by atoms with Crippen LogP contribution in [0.5, 0.6) is 11.5 Å². The summed E-state index contributed by atoms with van der Waals surface area (Å²) in [6.07, 6.45) is 1.94. The first-order valence-corrected chi connectivity index (χ1v) is 7.79. The largest absolute Gasteiger partial charge is 0.486 e. The molecule has 1 N–H and O–H groups in total. The molecule has 21 heavy (non-hydrogen) atoms. The van der Waals surface area contributed by atoms with Gasteiger partial charge >= 0.3 is 0 Å². The number of nitrogens with one attached hydrogen (secondary N) is 1. The highest BCUT2D eigenvalue weighted by molar-refractivity contribution is 6.17. The molecule has 1 aromatic carbocycles. The van der Waals surface area contributed by atoms with E-state index in [-0.39, 0.29) is 11.3 Å². The Morgan fingerprint density at radius 2 is 2.00 bits per heavy atom. The summed E-state index contributed by atoms with van der Waals surface area (Å²) in [5.41, 5.74) is 0.630. The van der Waals surface area contributed by atoms with E-state index in [2.05, 4.69) is 19.2 Å². The van der Waals surface area contributed by atoms with E-state index in [1.165, 1.54) is 0 Å². The molecule has 0 spiro atoms. The molecule has 1 aliphatic heterocycles. The number of ether oxygens (including phenoxy) is 2. The smallest absolute Gasteiger partial charge is 0.251 e. The lowest BCUT2D eigenvalue weighted by atomic mass is 9.88. The molecule has 0 bridgehead atoms. The van der Waals surface area contributed by atoms with Gasteiger partial charge in [-0.2, -0.15) is 0 Å². The van der Waals surface area contributed by atoms with Gasteiger partial charge in [0.05, 0.1) is 0 Å². The monoisotopic (exact) mass is 311 g/mol. The fourth-order valence-corrected chi connectivity index (χ4v) is 2.37. The SMILES string of the molecule is CC(C)(CCCCl)CNC(=O)c1ccc2c(c1)OCCO2. The zero-order valence-electron chi connectivity index (χ0n) is 12.6. The van der Waals surface area contributed by atoms with Gasteiger partial charge < -0.3 is 14.8 Å². The van der Waals surface area contributed by atoms with E-state index in [1.54, 1.807) is 18.2 Å². The molecule has 1 heterocycles. The third kappa shape index (κ3) is 4.53. The normalized spacial score (nSPS) is 13.9. The number of fused-ring (bicyclic) bond motifs is 1. The summed E-state index contributed by atoms with van der Waals surface area (Å²) in [6.45, 7) is 5.95. The first-order valence-electron chi connectivity index (χ1n) is 7.26. The Bertz CT molecular complexity index is 502. The van der Waals surface area contributed by atoms with Crippen molar-refractivity contribution in [2.45, 2.75) is 26.7 Å². The van der Waals surface area contributed by atoms with E-state index >= 15 is 0 Å². The minimum atomic E-state index is -0.0917. The highest BCUT2D eigenvalue weighted by atomic mass is 35.5. The number of rotatable bonds is 6. The molecule has 4 nitrogen and oxygen atoms in total. The minimum absolute atomic E-state index is 0.0400. The van der Waals surface area contributed by atoms with Gasteiger partial charge in [-0.3, -0.25) is 4.79 Å². The molecule has 0 saturated heterocycles.